The molecule has 1 atom stereocenters. The van der Waals surface area contributed by atoms with Crippen LogP contribution in [0, 0.1) is 0 Å². The van der Waals surface area contributed by atoms with Crippen molar-refractivity contribution in [2.45, 2.75) is 25.4 Å². The van der Waals surface area contributed by atoms with Crippen LogP contribution in [-0.2, 0) is 10.2 Å². The number of amides is 1. The van der Waals surface area contributed by atoms with Gasteiger partial charge in [-0.2, -0.15) is 8.75 Å². The minimum absolute atomic E-state index is 0.0384. The second kappa shape index (κ2) is 3.69. The smallest absolute Gasteiger partial charge is 0.234 e. The maximum atomic E-state index is 12.0. The summed E-state index contributed by atoms with van der Waals surface area (Å²) in [5.41, 5.74) is 4.24. The lowest BCUT2D eigenvalue weighted by Crippen LogP contribution is -2.26. The molecule has 1 unspecified atom stereocenters. The van der Waals surface area contributed by atoms with E-state index in [9.17, 15) is 4.79 Å². The van der Waals surface area contributed by atoms with Crippen molar-refractivity contribution in [1.29, 1.82) is 0 Å². The maximum Gasteiger partial charge on any atom is 0.234 e. The van der Waals surface area contributed by atoms with Gasteiger partial charge < -0.3 is 16.0 Å². The molecule has 0 fully saturated rings. The fraction of sp³-hybridized carbons (Fsp3) is 0.308. The van der Waals surface area contributed by atoms with Gasteiger partial charge in [-0.05, 0) is 31.5 Å². The van der Waals surface area contributed by atoms with Gasteiger partial charge in [-0.3, -0.25) is 4.79 Å². The lowest BCUT2D eigenvalue weighted by molar-refractivity contribution is -0.119. The Morgan fingerprint density at radius 1 is 1.20 bits per heavy atom. The van der Waals surface area contributed by atoms with Crippen molar-refractivity contribution in [3.63, 3.8) is 0 Å². The van der Waals surface area contributed by atoms with Crippen molar-refractivity contribution in [3.05, 3.63) is 29.6 Å². The summed E-state index contributed by atoms with van der Waals surface area (Å²) in [6, 6.07) is 4.01. The zero-order chi connectivity index (χ0) is 13.9. The zero-order valence-electron chi connectivity index (χ0n) is 11.0. The number of hydrogen-bond donors (Lipinski definition) is 3. The van der Waals surface area contributed by atoms with Crippen LogP contribution in [-0.4, -0.2) is 14.7 Å². The third-order valence-electron chi connectivity index (χ3n) is 3.92. The molecule has 4 rings (SSSR count). The van der Waals surface area contributed by atoms with Crippen molar-refractivity contribution in [2.24, 2.45) is 0 Å². The number of anilines is 3. The Bertz CT molecular complexity index is 710. The van der Waals surface area contributed by atoms with E-state index in [-0.39, 0.29) is 12.1 Å². The number of nitrogens with one attached hydrogen (secondary N) is 3. The van der Waals surface area contributed by atoms with Gasteiger partial charge in [0.05, 0.1) is 34.7 Å². The van der Waals surface area contributed by atoms with E-state index in [0.29, 0.717) is 0 Å². The molecule has 2 aromatic rings. The molecule has 3 heterocycles. The van der Waals surface area contributed by atoms with Crippen molar-refractivity contribution in [3.8, 4) is 0 Å². The Morgan fingerprint density at radius 3 is 2.65 bits per heavy atom. The van der Waals surface area contributed by atoms with Gasteiger partial charge in [0.1, 0.15) is 11.9 Å². The molecule has 0 bridgehead atoms. The second-order valence-electron chi connectivity index (χ2n) is 5.58. The number of carbonyl (C=O) groups excluding carboxylic acids is 1. The third-order valence-corrected chi connectivity index (χ3v) is 4.41. The number of carbonyl (C=O) groups is 1. The summed E-state index contributed by atoms with van der Waals surface area (Å²) >= 11 is 1.19. The van der Waals surface area contributed by atoms with Gasteiger partial charge >= 0.3 is 0 Å². The second-order valence-corrected chi connectivity index (χ2v) is 6.13. The van der Waals surface area contributed by atoms with Gasteiger partial charge in [0.25, 0.3) is 0 Å². The number of nitrogens with zero attached hydrogens (tertiary/aromatic N) is 2. The highest BCUT2D eigenvalue weighted by Crippen LogP contribution is 2.45. The number of fused-ring (bicyclic) bond motifs is 2. The Morgan fingerprint density at radius 2 is 1.95 bits per heavy atom. The lowest BCUT2D eigenvalue weighted by atomic mass is 9.86. The monoisotopic (exact) mass is 287 g/mol. The van der Waals surface area contributed by atoms with E-state index in [2.05, 4.69) is 24.7 Å². The van der Waals surface area contributed by atoms with Gasteiger partial charge in [0, 0.05) is 5.69 Å². The van der Waals surface area contributed by atoms with Crippen LogP contribution in [0.15, 0.2) is 18.3 Å². The van der Waals surface area contributed by atoms with Gasteiger partial charge in [0.15, 0.2) is 0 Å². The van der Waals surface area contributed by atoms with Crippen LogP contribution in [0.25, 0.3) is 0 Å². The number of rotatable bonds is 1. The highest BCUT2D eigenvalue weighted by Gasteiger charge is 2.40. The summed E-state index contributed by atoms with van der Waals surface area (Å²) in [6.45, 7) is 3.87. The van der Waals surface area contributed by atoms with E-state index in [0.717, 1.165) is 28.3 Å². The molecule has 0 aliphatic carbocycles. The Hall–Kier alpha value is -2.15. The lowest BCUT2D eigenvalue weighted by Gasteiger charge is -2.15. The zero-order valence-corrected chi connectivity index (χ0v) is 11.8. The molecule has 6 nitrogen and oxygen atoms in total. The first-order chi connectivity index (χ1) is 9.55. The molecule has 3 N–H and O–H groups in total. The fourth-order valence-corrected chi connectivity index (χ4v) is 3.10. The normalized spacial score (nSPS) is 21.7. The molecular weight excluding hydrogens is 274 g/mol. The summed E-state index contributed by atoms with van der Waals surface area (Å²) in [5.74, 6) is 0.0384. The summed E-state index contributed by atoms with van der Waals surface area (Å²) in [6.07, 6.45) is 1.69. The topological polar surface area (TPSA) is 78.9 Å². The predicted molar refractivity (Wildman–Crippen MR) is 78.0 cm³/mol. The van der Waals surface area contributed by atoms with Crippen LogP contribution in [0.1, 0.15) is 31.3 Å². The number of hydrogen-bond acceptors (Lipinski definition) is 6. The van der Waals surface area contributed by atoms with Crippen LogP contribution >= 0.6 is 11.7 Å². The standard InChI is InChI=1S/C13H13N5OS/c1-13(2)6-3-8-9(4-7(6)17-12(13)19)16-11(15-8)10-5-14-20-18-10/h3-5,11,15-16H,1-2H3,(H,17,19). The Labute approximate surface area is 119 Å². The van der Waals surface area contributed by atoms with E-state index in [1.807, 2.05) is 26.0 Å². The van der Waals surface area contributed by atoms with E-state index in [1.54, 1.807) is 6.20 Å². The minimum atomic E-state index is -0.494. The van der Waals surface area contributed by atoms with Crippen molar-refractivity contribution in [1.82, 2.24) is 8.75 Å². The minimum Gasteiger partial charge on any atom is -0.359 e. The summed E-state index contributed by atoms with van der Waals surface area (Å²) in [4.78, 5) is 12.0. The van der Waals surface area contributed by atoms with E-state index in [1.165, 1.54) is 11.7 Å². The number of benzene rings is 1. The first-order valence-corrected chi connectivity index (χ1v) is 7.09. The first kappa shape index (κ1) is 11.7. The fourth-order valence-electron chi connectivity index (χ4n) is 2.65. The molecule has 0 saturated carbocycles. The molecular formula is C13H13N5OS. The van der Waals surface area contributed by atoms with Gasteiger partial charge in [-0.25, -0.2) is 0 Å². The first-order valence-electron chi connectivity index (χ1n) is 6.36. The van der Waals surface area contributed by atoms with Crippen LogP contribution in [0.4, 0.5) is 17.1 Å². The molecule has 2 aliphatic rings. The van der Waals surface area contributed by atoms with E-state index < -0.39 is 5.41 Å². The van der Waals surface area contributed by atoms with Crippen LogP contribution in [0.5, 0.6) is 0 Å². The van der Waals surface area contributed by atoms with E-state index >= 15 is 0 Å². The van der Waals surface area contributed by atoms with Crippen LogP contribution < -0.4 is 16.0 Å². The van der Waals surface area contributed by atoms with Crippen LogP contribution in [0.3, 0.4) is 0 Å². The highest BCUT2D eigenvalue weighted by atomic mass is 32.1. The SMILES string of the molecule is CC1(C)C(=O)Nc2cc3c(cc21)NC(c1cnsn1)N3. The molecule has 0 spiro atoms. The molecule has 1 aromatic carbocycles. The molecule has 1 amide bonds. The van der Waals surface area contributed by atoms with Crippen molar-refractivity contribution >= 4 is 34.7 Å². The third kappa shape index (κ3) is 1.46. The largest absolute Gasteiger partial charge is 0.359 e. The molecule has 0 saturated heterocycles. The summed E-state index contributed by atoms with van der Waals surface area (Å²) in [7, 11) is 0. The van der Waals surface area contributed by atoms with Crippen LogP contribution in [0.2, 0.25) is 0 Å². The predicted octanol–water partition coefficient (Wildman–Crippen LogP) is 2.30. The quantitative estimate of drug-likeness (QED) is 0.750. The summed E-state index contributed by atoms with van der Waals surface area (Å²) < 4.78 is 8.26. The number of aromatic nitrogens is 2. The molecule has 1 aromatic heterocycles. The molecule has 2 aliphatic heterocycles. The van der Waals surface area contributed by atoms with Gasteiger partial charge in [0.2, 0.25) is 5.91 Å². The van der Waals surface area contributed by atoms with Gasteiger partial charge in [-0.1, -0.05) is 0 Å². The molecule has 0 radical (unpaired) electrons. The Balaban J connectivity index is 1.74. The average Bonchev–Trinajstić information content (AvgIpc) is 3.08. The summed E-state index contributed by atoms with van der Waals surface area (Å²) in [5, 5.41) is 9.66. The average molecular weight is 287 g/mol. The molecule has 102 valence electrons. The van der Waals surface area contributed by atoms with Gasteiger partial charge in [-0.15, -0.1) is 0 Å². The molecule has 20 heavy (non-hydrogen) atoms. The van der Waals surface area contributed by atoms with Crippen molar-refractivity contribution < 1.29 is 4.79 Å². The van der Waals surface area contributed by atoms with Crippen molar-refractivity contribution in [2.75, 3.05) is 16.0 Å². The Kier molecular flexibility index (Phi) is 2.15. The molecule has 7 heteroatoms. The highest BCUT2D eigenvalue weighted by molar-refractivity contribution is 6.99. The maximum absolute atomic E-state index is 12.0. The van der Waals surface area contributed by atoms with E-state index in [4.69, 9.17) is 0 Å².